The monoisotopic (exact) mass is 301 g/mol. The van der Waals surface area contributed by atoms with Gasteiger partial charge in [0.2, 0.25) is 0 Å². The second kappa shape index (κ2) is 6.15. The van der Waals surface area contributed by atoms with Crippen LogP contribution in [0.25, 0.3) is 0 Å². The highest BCUT2D eigenvalue weighted by molar-refractivity contribution is 7.99. The van der Waals surface area contributed by atoms with Gasteiger partial charge in [-0.15, -0.1) is 11.8 Å². The van der Waals surface area contributed by atoms with E-state index in [0.717, 1.165) is 16.4 Å². The number of hydrogen-bond acceptors (Lipinski definition) is 5. The van der Waals surface area contributed by atoms with Gasteiger partial charge in [-0.05, 0) is 25.0 Å². The fourth-order valence-corrected chi connectivity index (χ4v) is 3.80. The van der Waals surface area contributed by atoms with Gasteiger partial charge in [-0.2, -0.15) is 0 Å². The Morgan fingerprint density at radius 1 is 1.47 bits per heavy atom. The van der Waals surface area contributed by atoms with E-state index in [1.54, 1.807) is 11.8 Å². The Kier molecular flexibility index (Phi) is 4.76. The van der Waals surface area contributed by atoms with E-state index < -0.39 is 9.84 Å². The number of fused-ring (bicyclic) bond motifs is 1. The van der Waals surface area contributed by atoms with Crippen LogP contribution in [-0.4, -0.2) is 38.3 Å². The summed E-state index contributed by atoms with van der Waals surface area (Å²) in [7, 11) is -2.90. The quantitative estimate of drug-likeness (QED) is 0.896. The first-order valence-corrected chi connectivity index (χ1v) is 9.32. The highest BCUT2D eigenvalue weighted by atomic mass is 32.2. The summed E-state index contributed by atoms with van der Waals surface area (Å²) in [6, 6.07) is 7.78. The molecule has 1 aromatic rings. The predicted octanol–water partition coefficient (Wildman–Crippen LogP) is 1.69. The molecule has 1 aliphatic heterocycles. The lowest BCUT2D eigenvalue weighted by molar-refractivity contribution is 0.179. The van der Waals surface area contributed by atoms with Crippen LogP contribution in [0.1, 0.15) is 12.8 Å². The van der Waals surface area contributed by atoms with Crippen molar-refractivity contribution >= 4 is 21.6 Å². The maximum atomic E-state index is 11.1. The number of ether oxygens (including phenoxy) is 1. The maximum absolute atomic E-state index is 11.1. The molecule has 6 heteroatoms. The van der Waals surface area contributed by atoms with Crippen molar-refractivity contribution in [2.75, 3.05) is 17.8 Å². The van der Waals surface area contributed by atoms with Gasteiger partial charge in [0, 0.05) is 28.7 Å². The van der Waals surface area contributed by atoms with Gasteiger partial charge >= 0.3 is 0 Å². The van der Waals surface area contributed by atoms with Crippen LogP contribution in [0, 0.1) is 0 Å². The van der Waals surface area contributed by atoms with Gasteiger partial charge in [-0.25, -0.2) is 8.42 Å². The number of thioether (sulfide) groups is 1. The third-order valence-electron chi connectivity index (χ3n) is 3.06. The van der Waals surface area contributed by atoms with E-state index in [1.165, 1.54) is 6.26 Å². The molecule has 0 saturated carbocycles. The number of sulfone groups is 1. The lowest BCUT2D eigenvalue weighted by atomic mass is 10.1. The molecule has 0 amide bonds. The van der Waals surface area contributed by atoms with E-state index in [0.29, 0.717) is 12.8 Å². The van der Waals surface area contributed by atoms with Gasteiger partial charge < -0.3 is 10.5 Å². The van der Waals surface area contributed by atoms with Crippen LogP contribution in [-0.2, 0) is 9.84 Å². The summed E-state index contributed by atoms with van der Waals surface area (Å²) >= 11 is 1.74. The van der Waals surface area contributed by atoms with Crippen molar-refractivity contribution in [1.29, 1.82) is 0 Å². The topological polar surface area (TPSA) is 69.4 Å². The minimum Gasteiger partial charge on any atom is -0.487 e. The van der Waals surface area contributed by atoms with E-state index in [4.69, 9.17) is 10.5 Å². The molecule has 106 valence electrons. The maximum Gasteiger partial charge on any atom is 0.147 e. The van der Waals surface area contributed by atoms with E-state index in [1.807, 2.05) is 24.3 Å². The first-order valence-electron chi connectivity index (χ1n) is 6.27. The van der Waals surface area contributed by atoms with Crippen LogP contribution >= 0.6 is 11.8 Å². The molecule has 0 saturated heterocycles. The number of para-hydroxylation sites is 1. The van der Waals surface area contributed by atoms with E-state index in [9.17, 15) is 8.42 Å². The molecule has 1 heterocycles. The van der Waals surface area contributed by atoms with Crippen molar-refractivity contribution in [1.82, 2.24) is 0 Å². The van der Waals surface area contributed by atoms with Crippen LogP contribution < -0.4 is 10.5 Å². The molecule has 2 N–H and O–H groups in total. The van der Waals surface area contributed by atoms with Crippen molar-refractivity contribution in [3.8, 4) is 5.75 Å². The van der Waals surface area contributed by atoms with Crippen molar-refractivity contribution in [2.45, 2.75) is 29.9 Å². The van der Waals surface area contributed by atoms with Crippen molar-refractivity contribution in [2.24, 2.45) is 5.73 Å². The average molecular weight is 301 g/mol. The SMILES string of the molecule is CS(=O)(=O)CCCC(N)C1CSc2ccccc2O1. The Bertz CT molecular complexity index is 530. The minimum absolute atomic E-state index is 0.0422. The Hall–Kier alpha value is -0.720. The molecule has 0 spiro atoms. The Morgan fingerprint density at radius 2 is 2.21 bits per heavy atom. The molecule has 2 rings (SSSR count). The van der Waals surface area contributed by atoms with Gasteiger partial charge in [-0.1, -0.05) is 12.1 Å². The predicted molar refractivity (Wildman–Crippen MR) is 78.5 cm³/mol. The first-order chi connectivity index (χ1) is 8.96. The van der Waals surface area contributed by atoms with E-state index in [2.05, 4.69) is 0 Å². The highest BCUT2D eigenvalue weighted by Gasteiger charge is 2.25. The number of rotatable bonds is 5. The van der Waals surface area contributed by atoms with Gasteiger partial charge in [0.05, 0.1) is 0 Å². The lowest BCUT2D eigenvalue weighted by Crippen LogP contribution is -2.42. The molecular weight excluding hydrogens is 282 g/mol. The lowest BCUT2D eigenvalue weighted by Gasteiger charge is -2.29. The molecule has 1 aromatic carbocycles. The Morgan fingerprint density at radius 3 is 2.95 bits per heavy atom. The summed E-state index contributed by atoms with van der Waals surface area (Å²) in [6.07, 6.45) is 2.47. The van der Waals surface area contributed by atoms with Gasteiger partial charge in [0.15, 0.2) is 0 Å². The number of benzene rings is 1. The van der Waals surface area contributed by atoms with Crippen LogP contribution in [0.2, 0.25) is 0 Å². The third-order valence-corrected chi connectivity index (χ3v) is 5.23. The highest BCUT2D eigenvalue weighted by Crippen LogP contribution is 2.35. The molecule has 0 aliphatic carbocycles. The summed E-state index contributed by atoms with van der Waals surface area (Å²) in [5.74, 6) is 1.89. The molecule has 4 nitrogen and oxygen atoms in total. The zero-order valence-corrected chi connectivity index (χ0v) is 12.5. The van der Waals surface area contributed by atoms with Gasteiger partial charge in [-0.3, -0.25) is 0 Å². The molecule has 2 atom stereocenters. The summed E-state index contributed by atoms with van der Waals surface area (Å²) in [5, 5.41) is 0. The summed E-state index contributed by atoms with van der Waals surface area (Å²) in [4.78, 5) is 1.14. The minimum atomic E-state index is -2.90. The molecule has 19 heavy (non-hydrogen) atoms. The zero-order chi connectivity index (χ0) is 13.9. The molecule has 1 aliphatic rings. The van der Waals surface area contributed by atoms with Crippen LogP contribution in [0.4, 0.5) is 0 Å². The molecule has 0 aromatic heterocycles. The second-order valence-electron chi connectivity index (χ2n) is 4.85. The van der Waals surface area contributed by atoms with Crippen molar-refractivity contribution in [3.05, 3.63) is 24.3 Å². The first kappa shape index (κ1) is 14.7. The van der Waals surface area contributed by atoms with Crippen LogP contribution in [0.3, 0.4) is 0 Å². The fourth-order valence-electron chi connectivity index (χ4n) is 2.01. The Labute approximate surface area is 118 Å². The molecule has 0 radical (unpaired) electrons. The van der Waals surface area contributed by atoms with Crippen LogP contribution in [0.15, 0.2) is 29.2 Å². The average Bonchev–Trinajstić information content (AvgIpc) is 2.36. The standard InChI is InChI=1S/C13H19NO3S2/c1-19(15,16)8-4-5-10(14)12-9-18-13-7-3-2-6-11(13)17-12/h2-3,6-7,10,12H,4-5,8-9,14H2,1H3. The third kappa shape index (κ3) is 4.40. The second-order valence-corrected chi connectivity index (χ2v) is 8.17. The molecule has 0 fully saturated rings. The Balaban J connectivity index is 1.87. The van der Waals surface area contributed by atoms with E-state index in [-0.39, 0.29) is 17.9 Å². The summed E-state index contributed by atoms with van der Waals surface area (Å²) in [6.45, 7) is 0. The van der Waals surface area contributed by atoms with Crippen molar-refractivity contribution < 1.29 is 13.2 Å². The zero-order valence-electron chi connectivity index (χ0n) is 10.9. The fraction of sp³-hybridized carbons (Fsp3) is 0.538. The molecule has 2 unspecified atom stereocenters. The molecule has 0 bridgehead atoms. The summed E-state index contributed by atoms with van der Waals surface area (Å²) in [5.41, 5.74) is 6.10. The van der Waals surface area contributed by atoms with Gasteiger partial charge in [0.25, 0.3) is 0 Å². The van der Waals surface area contributed by atoms with E-state index >= 15 is 0 Å². The van der Waals surface area contributed by atoms with Crippen LogP contribution in [0.5, 0.6) is 5.75 Å². The summed E-state index contributed by atoms with van der Waals surface area (Å²) < 4.78 is 28.0. The normalized spacial score (nSPS) is 20.4. The van der Waals surface area contributed by atoms with Crippen molar-refractivity contribution in [3.63, 3.8) is 0 Å². The number of hydrogen-bond donors (Lipinski definition) is 1. The smallest absolute Gasteiger partial charge is 0.147 e. The number of nitrogens with two attached hydrogens (primary N) is 1. The molecular formula is C13H19NO3S2. The van der Waals surface area contributed by atoms with Gasteiger partial charge in [0.1, 0.15) is 21.7 Å². The largest absolute Gasteiger partial charge is 0.487 e.